The van der Waals surface area contributed by atoms with Crippen LogP contribution in [0, 0.1) is 23.7 Å². The van der Waals surface area contributed by atoms with Crippen molar-refractivity contribution in [3.05, 3.63) is 12.2 Å². The van der Waals surface area contributed by atoms with E-state index in [-0.39, 0.29) is 0 Å². The fourth-order valence-electron chi connectivity index (χ4n) is 4.01. The van der Waals surface area contributed by atoms with E-state index in [1.165, 1.54) is 25.3 Å². The molecule has 0 nitrogen and oxygen atoms in total. The SMILES string of the molecule is CC(C)C[Si](C)(C)CCC1CC2C=CC1C2. The van der Waals surface area contributed by atoms with Crippen molar-refractivity contribution in [2.24, 2.45) is 23.7 Å². The molecule has 0 saturated heterocycles. The molecule has 2 aliphatic carbocycles. The van der Waals surface area contributed by atoms with Gasteiger partial charge in [-0.2, -0.15) is 0 Å². The number of allylic oxidation sites excluding steroid dienone is 2. The van der Waals surface area contributed by atoms with Crippen molar-refractivity contribution in [3.63, 3.8) is 0 Å². The summed E-state index contributed by atoms with van der Waals surface area (Å²) in [6.45, 7) is 9.95. The summed E-state index contributed by atoms with van der Waals surface area (Å²) in [5.41, 5.74) is 0. The summed E-state index contributed by atoms with van der Waals surface area (Å²) < 4.78 is 0. The highest BCUT2D eigenvalue weighted by Gasteiger charge is 2.36. The van der Waals surface area contributed by atoms with Crippen LogP contribution in [0.15, 0.2) is 12.2 Å². The molecule has 1 fully saturated rings. The molecule has 2 bridgehead atoms. The van der Waals surface area contributed by atoms with Gasteiger partial charge in [-0.25, -0.2) is 0 Å². The zero-order valence-corrected chi connectivity index (χ0v) is 12.5. The Labute approximate surface area is 103 Å². The summed E-state index contributed by atoms with van der Waals surface area (Å²) in [4.78, 5) is 0. The first-order valence-corrected chi connectivity index (χ1v) is 10.6. The Kier molecular flexibility index (Phi) is 3.63. The molecule has 0 aliphatic heterocycles. The Hall–Kier alpha value is -0.0431. The van der Waals surface area contributed by atoms with Crippen LogP contribution in [0.3, 0.4) is 0 Å². The van der Waals surface area contributed by atoms with Crippen molar-refractivity contribution in [3.8, 4) is 0 Å². The molecule has 92 valence electrons. The second-order valence-corrected chi connectivity index (χ2v) is 12.6. The van der Waals surface area contributed by atoms with Crippen LogP contribution < -0.4 is 0 Å². The smallest absolute Gasteiger partial charge is 0.0476 e. The van der Waals surface area contributed by atoms with E-state index in [1.807, 2.05) is 0 Å². The highest BCUT2D eigenvalue weighted by Crippen LogP contribution is 2.46. The molecule has 0 amide bonds. The van der Waals surface area contributed by atoms with Crippen molar-refractivity contribution in [1.29, 1.82) is 0 Å². The van der Waals surface area contributed by atoms with E-state index in [0.29, 0.717) is 0 Å². The van der Waals surface area contributed by atoms with Gasteiger partial charge < -0.3 is 0 Å². The molecule has 1 heteroatoms. The van der Waals surface area contributed by atoms with Crippen LogP contribution in [0.4, 0.5) is 0 Å². The predicted molar refractivity (Wildman–Crippen MR) is 75.4 cm³/mol. The summed E-state index contributed by atoms with van der Waals surface area (Å²) in [6.07, 6.45) is 9.50. The van der Waals surface area contributed by atoms with Crippen molar-refractivity contribution < 1.29 is 0 Å². The average Bonchev–Trinajstić information content (AvgIpc) is 2.73. The molecule has 2 aliphatic rings. The van der Waals surface area contributed by atoms with Gasteiger partial charge in [0.25, 0.3) is 0 Å². The van der Waals surface area contributed by atoms with E-state index in [9.17, 15) is 0 Å². The molecule has 3 unspecified atom stereocenters. The summed E-state index contributed by atoms with van der Waals surface area (Å²) >= 11 is 0. The lowest BCUT2D eigenvalue weighted by molar-refractivity contribution is 0.431. The molecule has 0 N–H and O–H groups in total. The Morgan fingerprint density at radius 1 is 1.19 bits per heavy atom. The molecule has 2 rings (SSSR count). The highest BCUT2D eigenvalue weighted by atomic mass is 28.3. The summed E-state index contributed by atoms with van der Waals surface area (Å²) in [7, 11) is -0.886. The first-order chi connectivity index (χ1) is 7.46. The van der Waals surface area contributed by atoms with Crippen LogP contribution in [0.5, 0.6) is 0 Å². The molecule has 0 radical (unpaired) electrons. The largest absolute Gasteiger partial charge is 0.0851 e. The summed E-state index contributed by atoms with van der Waals surface area (Å²) in [5, 5.41) is 0. The van der Waals surface area contributed by atoms with Crippen LogP contribution in [0.2, 0.25) is 25.2 Å². The number of rotatable bonds is 5. The highest BCUT2D eigenvalue weighted by molar-refractivity contribution is 6.77. The van der Waals surface area contributed by atoms with Gasteiger partial charge in [0.15, 0.2) is 0 Å². The predicted octanol–water partition coefficient (Wildman–Crippen LogP) is 4.95. The van der Waals surface area contributed by atoms with E-state index in [1.54, 1.807) is 6.04 Å². The van der Waals surface area contributed by atoms with E-state index < -0.39 is 8.07 Å². The summed E-state index contributed by atoms with van der Waals surface area (Å²) in [6, 6.07) is 3.08. The van der Waals surface area contributed by atoms with E-state index >= 15 is 0 Å². The van der Waals surface area contributed by atoms with Crippen molar-refractivity contribution >= 4 is 8.07 Å². The van der Waals surface area contributed by atoms with Gasteiger partial charge >= 0.3 is 0 Å². The maximum absolute atomic E-state index is 2.59. The van der Waals surface area contributed by atoms with Gasteiger partial charge in [0.2, 0.25) is 0 Å². The molecule has 3 atom stereocenters. The second-order valence-electron chi connectivity index (χ2n) is 7.34. The molecular formula is C15H28Si. The Morgan fingerprint density at radius 2 is 1.94 bits per heavy atom. The van der Waals surface area contributed by atoms with Gasteiger partial charge in [-0.3, -0.25) is 0 Å². The maximum Gasteiger partial charge on any atom is 0.0476 e. The van der Waals surface area contributed by atoms with Crippen molar-refractivity contribution in [2.45, 2.75) is 58.3 Å². The minimum absolute atomic E-state index is 0.886. The third-order valence-corrected chi connectivity index (χ3v) is 8.13. The number of hydrogen-bond donors (Lipinski definition) is 0. The van der Waals surface area contributed by atoms with Crippen LogP contribution in [0.25, 0.3) is 0 Å². The standard InChI is InChI=1S/C15H28Si/c1-12(2)11-16(3,4)8-7-15-10-13-5-6-14(15)9-13/h5-6,12-15H,7-11H2,1-4H3. The Morgan fingerprint density at radius 3 is 2.44 bits per heavy atom. The first-order valence-electron chi connectivity index (χ1n) is 7.14. The minimum atomic E-state index is -0.886. The van der Waals surface area contributed by atoms with Crippen molar-refractivity contribution in [2.75, 3.05) is 0 Å². The van der Waals surface area contributed by atoms with E-state index in [4.69, 9.17) is 0 Å². The van der Waals surface area contributed by atoms with Gasteiger partial charge in [-0.15, -0.1) is 0 Å². The van der Waals surface area contributed by atoms with Gasteiger partial charge in [0.05, 0.1) is 0 Å². The van der Waals surface area contributed by atoms with Crippen LogP contribution in [-0.2, 0) is 0 Å². The van der Waals surface area contributed by atoms with Crippen LogP contribution in [-0.4, -0.2) is 8.07 Å². The first kappa shape index (κ1) is 12.4. The van der Waals surface area contributed by atoms with Crippen LogP contribution >= 0.6 is 0 Å². The molecule has 0 aromatic carbocycles. The van der Waals surface area contributed by atoms with Crippen molar-refractivity contribution in [1.82, 2.24) is 0 Å². The topological polar surface area (TPSA) is 0 Å². The van der Waals surface area contributed by atoms with E-state index in [0.717, 1.165) is 23.7 Å². The second kappa shape index (κ2) is 4.68. The lowest BCUT2D eigenvalue weighted by atomic mass is 9.91. The van der Waals surface area contributed by atoms with Gasteiger partial charge in [0, 0.05) is 8.07 Å². The monoisotopic (exact) mass is 236 g/mol. The fourth-order valence-corrected chi connectivity index (χ4v) is 7.58. The van der Waals surface area contributed by atoms with Gasteiger partial charge in [-0.1, -0.05) is 57.6 Å². The fraction of sp³-hybridized carbons (Fsp3) is 0.867. The quantitative estimate of drug-likeness (QED) is 0.468. The molecule has 1 saturated carbocycles. The van der Waals surface area contributed by atoms with Gasteiger partial charge in [-0.05, 0) is 36.5 Å². The van der Waals surface area contributed by atoms with Crippen LogP contribution in [0.1, 0.15) is 33.1 Å². The third-order valence-electron chi connectivity index (χ3n) is 4.57. The average molecular weight is 236 g/mol. The Balaban J connectivity index is 1.77. The number of hydrogen-bond acceptors (Lipinski definition) is 0. The minimum Gasteiger partial charge on any atom is -0.0851 e. The molecule has 0 aromatic rings. The summed E-state index contributed by atoms with van der Waals surface area (Å²) in [5.74, 6) is 3.88. The van der Waals surface area contributed by atoms with Gasteiger partial charge in [0.1, 0.15) is 0 Å². The molecule has 0 spiro atoms. The zero-order chi connectivity index (χ0) is 11.8. The lowest BCUT2D eigenvalue weighted by Crippen LogP contribution is -2.28. The zero-order valence-electron chi connectivity index (χ0n) is 11.5. The molecular weight excluding hydrogens is 208 g/mol. The maximum atomic E-state index is 2.59. The normalized spacial score (nSPS) is 32.9. The molecule has 16 heavy (non-hydrogen) atoms. The molecule has 0 heterocycles. The number of fused-ring (bicyclic) bond motifs is 2. The Bertz CT molecular complexity index is 265. The van der Waals surface area contributed by atoms with E-state index in [2.05, 4.69) is 39.1 Å². The molecule has 0 aromatic heterocycles. The third kappa shape index (κ3) is 3.00. The lowest BCUT2D eigenvalue weighted by Gasteiger charge is -2.27.